The molecular weight excluding hydrogens is 881 g/mol. The molecule has 0 saturated carbocycles. The van der Waals surface area contributed by atoms with Crippen LogP contribution in [0.4, 0.5) is 0 Å². The third-order valence-corrected chi connectivity index (χ3v) is 12.8. The van der Waals surface area contributed by atoms with Crippen molar-refractivity contribution in [3.8, 4) is 55.9 Å². The Morgan fingerprint density at radius 1 is 0.564 bits per heavy atom. The van der Waals surface area contributed by atoms with Crippen LogP contribution in [-0.4, -0.2) is 18.0 Å². The van der Waals surface area contributed by atoms with E-state index in [9.17, 15) is 0 Å². The minimum absolute atomic E-state index is 0. The van der Waals surface area contributed by atoms with Crippen molar-refractivity contribution in [3.05, 3.63) is 188 Å². The summed E-state index contributed by atoms with van der Waals surface area (Å²) < 4.78 is 26.8. The van der Waals surface area contributed by atoms with Gasteiger partial charge in [0.05, 0.1) is 8.07 Å². The van der Waals surface area contributed by atoms with Gasteiger partial charge < -0.3 is 9.97 Å². The van der Waals surface area contributed by atoms with Crippen LogP contribution in [0.25, 0.3) is 76.1 Å². The molecule has 0 bridgehead atoms. The van der Waals surface area contributed by atoms with E-state index < -0.39 is 14.9 Å². The molecule has 0 saturated heterocycles. The van der Waals surface area contributed by atoms with Crippen LogP contribution in [0.15, 0.2) is 170 Å². The van der Waals surface area contributed by atoms with E-state index in [4.69, 9.17) is 9.10 Å². The zero-order chi connectivity index (χ0) is 39.6. The first-order valence-corrected chi connectivity index (χ1v) is 22.4. The smallest absolute Gasteiger partial charge is 0.0795 e. The first-order valence-electron chi connectivity index (χ1n) is 19.6. The van der Waals surface area contributed by atoms with Gasteiger partial charge in [0.1, 0.15) is 0 Å². The Labute approximate surface area is 347 Å². The molecule has 0 aliphatic carbocycles. The molecule has 2 nitrogen and oxygen atoms in total. The van der Waals surface area contributed by atoms with Gasteiger partial charge in [0.15, 0.2) is 0 Å². The molecule has 0 fully saturated rings. The minimum atomic E-state index is -2.26. The first-order chi connectivity index (χ1) is 27.5. The fourth-order valence-electron chi connectivity index (χ4n) is 6.60. The summed E-state index contributed by atoms with van der Waals surface area (Å²) in [4.78, 5) is 9.36. The summed E-state index contributed by atoms with van der Waals surface area (Å²) in [5, 5.41) is 3.69. The predicted octanol–water partition coefficient (Wildman–Crippen LogP) is 13.3. The minimum Gasteiger partial charge on any atom is -0.305 e. The van der Waals surface area contributed by atoms with E-state index in [1.165, 1.54) is 37.5 Å². The van der Waals surface area contributed by atoms with Gasteiger partial charge in [0.25, 0.3) is 0 Å². The Hall–Kier alpha value is -5.29. The van der Waals surface area contributed by atoms with Crippen molar-refractivity contribution in [2.24, 2.45) is 0 Å². The number of hydrogen-bond donors (Lipinski definition) is 0. The summed E-state index contributed by atoms with van der Waals surface area (Å²) in [6.07, 6.45) is 3.71. The second kappa shape index (κ2) is 16.6. The molecule has 0 aliphatic rings. The molecule has 0 amide bonds. The Kier molecular flexibility index (Phi) is 10.3. The molecule has 9 rings (SSSR count). The Morgan fingerprint density at radius 2 is 1.20 bits per heavy atom. The number of nitrogens with zero attached hydrogens (tertiary/aromatic N) is 2. The van der Waals surface area contributed by atoms with Gasteiger partial charge in [0.2, 0.25) is 0 Å². The fraction of sp³-hybridized carbons (Fsp3) is 0.0800. The van der Waals surface area contributed by atoms with Crippen LogP contribution in [0.3, 0.4) is 0 Å². The van der Waals surface area contributed by atoms with E-state index >= 15 is 0 Å². The van der Waals surface area contributed by atoms with E-state index in [2.05, 4.69) is 122 Å². The van der Waals surface area contributed by atoms with E-state index in [1.54, 1.807) is 23.6 Å². The molecule has 9 aromatic rings. The van der Waals surface area contributed by atoms with Gasteiger partial charge in [-0.3, -0.25) is 0 Å². The van der Waals surface area contributed by atoms with Crippen LogP contribution in [0.5, 0.6) is 0 Å². The fourth-order valence-corrected chi connectivity index (χ4v) is 8.89. The number of hydrogen-bond acceptors (Lipinski definition) is 3. The molecule has 1 radical (unpaired) electrons. The van der Waals surface area contributed by atoms with Gasteiger partial charge in [-0.1, -0.05) is 146 Å². The third-order valence-electron chi connectivity index (χ3n) is 9.60. The average molecular weight is 924 g/mol. The van der Waals surface area contributed by atoms with E-state index in [-0.39, 0.29) is 20.1 Å². The number of aryl methyl sites for hydroxylation is 1. The van der Waals surface area contributed by atoms with E-state index in [1.807, 2.05) is 72.9 Å². The van der Waals surface area contributed by atoms with Crippen LogP contribution in [0.2, 0.25) is 19.6 Å². The maximum Gasteiger partial charge on any atom is 0.0795 e. The Balaban J connectivity index is 0.000000192. The molecule has 0 aliphatic heterocycles. The Bertz CT molecular complexity index is 2800. The summed E-state index contributed by atoms with van der Waals surface area (Å²) in [6, 6.07) is 59.7. The zero-order valence-corrected chi connectivity index (χ0v) is 35.0. The molecule has 5 heteroatoms. The van der Waals surface area contributed by atoms with Crippen molar-refractivity contribution in [1.82, 2.24) is 9.97 Å². The zero-order valence-electron chi connectivity index (χ0n) is 33.8. The molecule has 55 heavy (non-hydrogen) atoms. The van der Waals surface area contributed by atoms with Crippen LogP contribution < -0.4 is 5.19 Å². The van der Waals surface area contributed by atoms with Gasteiger partial charge in [-0.15, -0.1) is 59.2 Å². The molecule has 0 atom stereocenters. The van der Waals surface area contributed by atoms with E-state index in [0.717, 1.165) is 32.5 Å². The van der Waals surface area contributed by atoms with Gasteiger partial charge in [-0.2, -0.15) is 11.3 Å². The molecule has 3 heterocycles. The molecular formula is C50H40IrN2SSi-2. The SMILES string of the molecule is C[Si](C)(C)c1ccc(-c2[c-]ccc(-c3ccccc3)c2)nc1.[2H]C([2H])([2H])c1cc(-c2[c-]ccc3c2sc2cc(-c4ccccc4)ccc23)ncc1-c1ccccc1.[Ir]. The molecule has 0 N–H and O–H groups in total. The quantitative estimate of drug-likeness (QED) is 0.123. The monoisotopic (exact) mass is 924 g/mol. The van der Waals surface area contributed by atoms with Crippen molar-refractivity contribution in [2.75, 3.05) is 0 Å². The summed E-state index contributed by atoms with van der Waals surface area (Å²) >= 11 is 1.69. The summed E-state index contributed by atoms with van der Waals surface area (Å²) in [5.74, 6) is 0. The second-order valence-corrected chi connectivity index (χ2v) is 20.4. The Morgan fingerprint density at radius 3 is 1.84 bits per heavy atom. The summed E-state index contributed by atoms with van der Waals surface area (Å²) in [7, 11) is -1.29. The molecule has 0 spiro atoms. The average Bonchev–Trinajstić information content (AvgIpc) is 3.62. The van der Waals surface area contributed by atoms with Crippen LogP contribution in [0.1, 0.15) is 9.68 Å². The van der Waals surface area contributed by atoms with E-state index in [0.29, 0.717) is 16.8 Å². The first kappa shape index (κ1) is 34.2. The predicted molar refractivity (Wildman–Crippen MR) is 234 cm³/mol. The van der Waals surface area contributed by atoms with Gasteiger partial charge in [-0.25, -0.2) is 0 Å². The van der Waals surface area contributed by atoms with Crippen LogP contribution in [-0.2, 0) is 20.1 Å². The van der Waals surface area contributed by atoms with Crippen molar-refractivity contribution >= 4 is 44.8 Å². The van der Waals surface area contributed by atoms with Crippen molar-refractivity contribution in [1.29, 1.82) is 0 Å². The van der Waals surface area contributed by atoms with Gasteiger partial charge >= 0.3 is 0 Å². The number of thiophene rings is 1. The number of rotatable bonds is 6. The number of benzene rings is 6. The van der Waals surface area contributed by atoms with Crippen molar-refractivity contribution in [3.63, 3.8) is 0 Å². The topological polar surface area (TPSA) is 25.8 Å². The second-order valence-electron chi connectivity index (χ2n) is 14.3. The normalized spacial score (nSPS) is 12.2. The third kappa shape index (κ3) is 8.36. The number of pyridine rings is 2. The molecule has 3 aromatic heterocycles. The van der Waals surface area contributed by atoms with Gasteiger partial charge in [0, 0.05) is 46.9 Å². The maximum absolute atomic E-state index is 8.18. The standard InChI is InChI=1S/C30H20NS.C20H20NSi.Ir/c1-20-17-28(31-19-27(20)22-11-6-3-7-12-22)26-14-8-13-25-24-16-15-23(18-29(24)32-30(25)26)21-9-4-2-5-10-21;1-22(2,3)19-12-13-20(21-15-19)18-11-7-10-17(14-18)16-8-5-4-6-9-16;/h2-13,15-19H,1H3;4-10,12-15H,1-3H3;/q2*-1;/i1D3;;. The summed E-state index contributed by atoms with van der Waals surface area (Å²) in [6.45, 7) is 4.75. The van der Waals surface area contributed by atoms with Crippen molar-refractivity contribution in [2.45, 2.75) is 26.5 Å². The largest absolute Gasteiger partial charge is 0.305 e. The number of fused-ring (bicyclic) bond motifs is 3. The van der Waals surface area contributed by atoms with Crippen LogP contribution in [0, 0.1) is 19.0 Å². The molecule has 0 unspecified atom stereocenters. The summed E-state index contributed by atoms with van der Waals surface area (Å²) in [5.41, 5.74) is 10.0. The number of aromatic nitrogens is 2. The molecule has 271 valence electrons. The van der Waals surface area contributed by atoms with Crippen LogP contribution >= 0.6 is 11.3 Å². The van der Waals surface area contributed by atoms with Gasteiger partial charge in [-0.05, 0) is 67.4 Å². The molecule has 6 aromatic carbocycles. The van der Waals surface area contributed by atoms with Crippen molar-refractivity contribution < 1.29 is 24.2 Å². The maximum atomic E-state index is 8.18.